The monoisotopic (exact) mass is 416 g/mol. The first-order valence-electron chi connectivity index (χ1n) is 7.95. The predicted molar refractivity (Wildman–Crippen MR) is 96.4 cm³/mol. The van der Waals surface area contributed by atoms with E-state index in [0.717, 1.165) is 0 Å². The Morgan fingerprint density at radius 2 is 1.15 bits per heavy atom. The summed E-state index contributed by atoms with van der Waals surface area (Å²) >= 11 is 0. The number of methoxy groups -OCH3 is 1. The van der Waals surface area contributed by atoms with Gasteiger partial charge in [-0.2, -0.15) is 0 Å². The van der Waals surface area contributed by atoms with Crippen molar-refractivity contribution < 1.29 is 45.6 Å². The van der Waals surface area contributed by atoms with Gasteiger partial charge in [0, 0.05) is 41.0 Å². The number of carbonyl (C=O) groups is 2. The van der Waals surface area contributed by atoms with Crippen molar-refractivity contribution in [3.63, 3.8) is 0 Å². The van der Waals surface area contributed by atoms with Gasteiger partial charge in [0.1, 0.15) is 13.2 Å². The Morgan fingerprint density at radius 1 is 0.692 bits per heavy atom. The lowest BCUT2D eigenvalue weighted by atomic mass is 10.7. The van der Waals surface area contributed by atoms with Gasteiger partial charge in [0.25, 0.3) is 0 Å². The molecule has 26 heavy (non-hydrogen) atoms. The summed E-state index contributed by atoms with van der Waals surface area (Å²) in [6, 6.07) is 0. The lowest BCUT2D eigenvalue weighted by Gasteiger charge is -2.22. The first kappa shape index (κ1) is 27.4. The highest BCUT2D eigenvalue weighted by molar-refractivity contribution is 6.59. The van der Waals surface area contributed by atoms with Crippen LogP contribution in [0.25, 0.3) is 0 Å². The number of esters is 2. The average Bonchev–Trinajstić information content (AvgIpc) is 2.65. The summed E-state index contributed by atoms with van der Waals surface area (Å²) in [6.07, 6.45) is 0. The molecular formula is C14H32O10Si2. The molecule has 0 aliphatic heterocycles. The van der Waals surface area contributed by atoms with Gasteiger partial charge in [-0.15, -0.1) is 0 Å². The molecule has 0 aromatic rings. The summed E-state index contributed by atoms with van der Waals surface area (Å²) in [4.78, 5) is 21.6. The highest BCUT2D eigenvalue weighted by atomic mass is 28.4. The maximum atomic E-state index is 11.0. The Bertz CT molecular complexity index is 392. The molecule has 12 heteroatoms. The molecule has 0 fully saturated rings. The molecule has 1 atom stereocenters. The number of rotatable bonds is 12. The molecule has 0 aliphatic carbocycles. The molecule has 0 bridgehead atoms. The van der Waals surface area contributed by atoms with Gasteiger partial charge in [0.05, 0.1) is 13.7 Å². The first-order chi connectivity index (χ1) is 12.2. The quantitative estimate of drug-likeness (QED) is 0.335. The van der Waals surface area contributed by atoms with E-state index in [1.54, 1.807) is 20.0 Å². The highest BCUT2D eigenvalue weighted by Gasteiger charge is 2.34. The smallest absolute Gasteiger partial charge is 0.467 e. The van der Waals surface area contributed by atoms with Crippen LogP contribution in [0.3, 0.4) is 0 Å². The second-order valence-electron chi connectivity index (χ2n) is 4.73. The zero-order valence-electron chi connectivity index (χ0n) is 16.9. The van der Waals surface area contributed by atoms with Gasteiger partial charge < -0.3 is 36.0 Å². The molecule has 0 aromatic carbocycles. The van der Waals surface area contributed by atoms with E-state index in [0.29, 0.717) is 13.2 Å². The van der Waals surface area contributed by atoms with Crippen molar-refractivity contribution in [3.05, 3.63) is 0 Å². The van der Waals surface area contributed by atoms with Crippen molar-refractivity contribution >= 4 is 29.5 Å². The molecule has 156 valence electrons. The number of hydrogen-bond acceptors (Lipinski definition) is 10. The lowest BCUT2D eigenvalue weighted by Crippen LogP contribution is -2.43. The van der Waals surface area contributed by atoms with Crippen LogP contribution in [0.15, 0.2) is 0 Å². The van der Waals surface area contributed by atoms with E-state index in [9.17, 15) is 9.59 Å². The number of ether oxygens (including phenoxy) is 2. The SMILES string of the molecule is CCOC(=O)CO[Si](C)(OC)OCC.COC(=O)CO[Si](C)(OC)OC. The Balaban J connectivity index is 0. The van der Waals surface area contributed by atoms with Crippen molar-refractivity contribution in [1.82, 2.24) is 0 Å². The Kier molecular flexibility index (Phi) is 16.0. The van der Waals surface area contributed by atoms with E-state index in [4.69, 9.17) is 31.3 Å². The fraction of sp³-hybridized carbons (Fsp3) is 0.857. The Hall–Kier alpha value is -0.866. The lowest BCUT2D eigenvalue weighted by molar-refractivity contribution is -0.147. The van der Waals surface area contributed by atoms with Gasteiger partial charge in [-0.25, -0.2) is 9.59 Å². The van der Waals surface area contributed by atoms with Crippen LogP contribution in [0.2, 0.25) is 13.1 Å². The number of carbonyl (C=O) groups excluding carboxylic acids is 2. The normalized spacial score (nSPS) is 13.2. The minimum atomic E-state index is -2.62. The molecule has 10 nitrogen and oxygen atoms in total. The highest BCUT2D eigenvalue weighted by Crippen LogP contribution is 2.07. The molecule has 0 radical (unpaired) electrons. The van der Waals surface area contributed by atoms with Crippen LogP contribution in [0, 0.1) is 0 Å². The fourth-order valence-corrected chi connectivity index (χ4v) is 3.27. The van der Waals surface area contributed by atoms with Crippen molar-refractivity contribution in [1.29, 1.82) is 0 Å². The Labute approximate surface area is 157 Å². The van der Waals surface area contributed by atoms with E-state index in [1.807, 2.05) is 6.92 Å². The summed E-state index contributed by atoms with van der Waals surface area (Å²) in [5, 5.41) is 0. The van der Waals surface area contributed by atoms with Crippen LogP contribution in [0.1, 0.15) is 13.8 Å². The van der Waals surface area contributed by atoms with Gasteiger partial charge >= 0.3 is 29.5 Å². The van der Waals surface area contributed by atoms with Crippen LogP contribution >= 0.6 is 0 Å². The van der Waals surface area contributed by atoms with Crippen molar-refractivity contribution in [3.8, 4) is 0 Å². The van der Waals surface area contributed by atoms with E-state index in [2.05, 4.69) is 4.74 Å². The van der Waals surface area contributed by atoms with E-state index < -0.39 is 29.5 Å². The Morgan fingerprint density at radius 3 is 1.54 bits per heavy atom. The average molecular weight is 417 g/mol. The molecule has 1 unspecified atom stereocenters. The fourth-order valence-electron chi connectivity index (χ4n) is 1.26. The van der Waals surface area contributed by atoms with Crippen LogP contribution in [-0.2, 0) is 45.6 Å². The van der Waals surface area contributed by atoms with Crippen LogP contribution in [-0.4, -0.2) is 84.4 Å². The van der Waals surface area contributed by atoms with E-state index in [-0.39, 0.29) is 13.2 Å². The molecule has 0 N–H and O–H groups in total. The van der Waals surface area contributed by atoms with Gasteiger partial charge in [-0.3, -0.25) is 0 Å². The molecule has 0 saturated heterocycles. The summed E-state index contributed by atoms with van der Waals surface area (Å²) in [6.45, 7) is 7.60. The summed E-state index contributed by atoms with van der Waals surface area (Å²) in [5.41, 5.74) is 0. The van der Waals surface area contributed by atoms with Gasteiger partial charge in [0.15, 0.2) is 0 Å². The number of hydrogen-bond donors (Lipinski definition) is 0. The van der Waals surface area contributed by atoms with Crippen LogP contribution in [0.5, 0.6) is 0 Å². The van der Waals surface area contributed by atoms with E-state index >= 15 is 0 Å². The zero-order valence-corrected chi connectivity index (χ0v) is 18.9. The third-order valence-corrected chi connectivity index (χ3v) is 7.33. The van der Waals surface area contributed by atoms with E-state index in [1.165, 1.54) is 28.4 Å². The van der Waals surface area contributed by atoms with Crippen molar-refractivity contribution in [2.24, 2.45) is 0 Å². The molecule has 0 amide bonds. The molecular weight excluding hydrogens is 384 g/mol. The van der Waals surface area contributed by atoms with Gasteiger partial charge in [0.2, 0.25) is 0 Å². The van der Waals surface area contributed by atoms with Crippen LogP contribution in [0.4, 0.5) is 0 Å². The topological polar surface area (TPSA) is 108 Å². The summed E-state index contributed by atoms with van der Waals surface area (Å²) in [7, 11) is 0.568. The van der Waals surface area contributed by atoms with Crippen molar-refractivity contribution in [2.45, 2.75) is 26.9 Å². The zero-order chi connectivity index (χ0) is 20.6. The molecule has 0 aromatic heterocycles. The third kappa shape index (κ3) is 13.4. The first-order valence-corrected chi connectivity index (χ1v) is 12.4. The second-order valence-corrected chi connectivity index (χ2v) is 10.3. The standard InChI is InChI=1S/C8H18O5Si.C6H14O5Si/c1-5-11-8(9)7-13-14(4,10-3)12-6-2;1-8-6(7)5-11-12(4,9-2)10-3/h5-7H2,1-4H3;5H2,1-4H3. The molecule has 0 heterocycles. The second kappa shape index (κ2) is 15.2. The maximum Gasteiger partial charge on any atom is 0.497 e. The summed E-state index contributed by atoms with van der Waals surface area (Å²) in [5.74, 6) is -0.842. The maximum absolute atomic E-state index is 11.0. The largest absolute Gasteiger partial charge is 0.497 e. The molecule has 0 rings (SSSR count). The molecule has 0 aliphatic rings. The van der Waals surface area contributed by atoms with Crippen LogP contribution < -0.4 is 0 Å². The minimum absolute atomic E-state index is 0.121. The third-order valence-electron chi connectivity index (χ3n) is 2.96. The molecule has 0 spiro atoms. The van der Waals surface area contributed by atoms with Crippen molar-refractivity contribution in [2.75, 3.05) is 54.9 Å². The minimum Gasteiger partial charge on any atom is -0.467 e. The van der Waals surface area contributed by atoms with Gasteiger partial charge in [-0.05, 0) is 13.8 Å². The molecule has 0 saturated carbocycles. The summed E-state index contributed by atoms with van der Waals surface area (Å²) < 4.78 is 39.8. The van der Waals surface area contributed by atoms with Gasteiger partial charge in [-0.1, -0.05) is 0 Å². The predicted octanol–water partition coefficient (Wildman–Crippen LogP) is 0.855.